The van der Waals surface area contributed by atoms with Crippen LogP contribution in [-0.2, 0) is 0 Å². The molecule has 0 spiro atoms. The summed E-state index contributed by atoms with van der Waals surface area (Å²) in [5, 5.41) is 0. The van der Waals surface area contributed by atoms with Gasteiger partial charge in [0.15, 0.2) is 0 Å². The maximum atomic E-state index is 5.35. The summed E-state index contributed by atoms with van der Waals surface area (Å²) >= 11 is 0. The van der Waals surface area contributed by atoms with E-state index >= 15 is 0 Å². The van der Waals surface area contributed by atoms with Gasteiger partial charge in [-0.3, -0.25) is 0 Å². The van der Waals surface area contributed by atoms with Crippen LogP contribution in [0.15, 0.2) is 36.5 Å². The van der Waals surface area contributed by atoms with E-state index in [0.29, 0.717) is 6.54 Å². The fourth-order valence-corrected chi connectivity index (χ4v) is 0.496. The molecule has 0 bridgehead atoms. The lowest BCUT2D eigenvalue weighted by Gasteiger charge is -1.90. The predicted octanol–water partition coefficient (Wildman–Crippen LogP) is 3.69. The van der Waals surface area contributed by atoms with Crippen LogP contribution < -0.4 is 5.73 Å². The smallest absolute Gasteiger partial charge is 0.0174 e. The summed E-state index contributed by atoms with van der Waals surface area (Å²) in [4.78, 5) is 0. The molecule has 0 aliphatic rings. The first kappa shape index (κ1) is 18.1. The molecule has 1 heteroatoms. The second-order valence-corrected chi connectivity index (χ2v) is 1.98. The van der Waals surface area contributed by atoms with Gasteiger partial charge in [0.05, 0.1) is 0 Å². The van der Waals surface area contributed by atoms with Crippen molar-refractivity contribution < 1.29 is 0 Å². The molecule has 0 aromatic heterocycles. The summed E-state index contributed by atoms with van der Waals surface area (Å²) in [6, 6.07) is 0. The summed E-state index contributed by atoms with van der Waals surface area (Å²) < 4.78 is 0. The Balaban J connectivity index is -0.000000169. The second kappa shape index (κ2) is 22.5. The van der Waals surface area contributed by atoms with Crippen LogP contribution in [0.1, 0.15) is 34.6 Å². The lowest BCUT2D eigenvalue weighted by molar-refractivity contribution is 1.18. The molecule has 0 saturated carbocycles. The molecule has 2 N–H and O–H groups in total. The second-order valence-electron chi connectivity index (χ2n) is 1.98. The molecule has 0 fully saturated rings. The zero-order chi connectivity index (χ0) is 11.1. The minimum Gasteiger partial charge on any atom is -0.327 e. The summed E-state index contributed by atoms with van der Waals surface area (Å²) in [5.41, 5.74) is 6.54. The van der Waals surface area contributed by atoms with Crippen molar-refractivity contribution in [2.24, 2.45) is 5.73 Å². The monoisotopic (exact) mass is 183 g/mol. The van der Waals surface area contributed by atoms with Gasteiger partial charge in [0.1, 0.15) is 0 Å². The molecule has 0 aromatic rings. The Morgan fingerprint density at radius 3 is 1.69 bits per heavy atom. The van der Waals surface area contributed by atoms with E-state index in [9.17, 15) is 0 Å². The molecule has 0 atom stereocenters. The maximum Gasteiger partial charge on any atom is 0.0174 e. The van der Waals surface area contributed by atoms with E-state index in [1.807, 2.05) is 52.8 Å². The van der Waals surface area contributed by atoms with Crippen LogP contribution in [0.3, 0.4) is 0 Å². The lowest BCUT2D eigenvalue weighted by Crippen LogP contribution is -1.99. The van der Waals surface area contributed by atoms with Gasteiger partial charge < -0.3 is 5.73 Å². The molecule has 0 rings (SSSR count). The largest absolute Gasteiger partial charge is 0.327 e. The predicted molar refractivity (Wildman–Crippen MR) is 64.8 cm³/mol. The van der Waals surface area contributed by atoms with E-state index in [0.717, 1.165) is 0 Å². The van der Waals surface area contributed by atoms with Crippen molar-refractivity contribution in [2.75, 3.05) is 6.54 Å². The molecule has 0 amide bonds. The van der Waals surface area contributed by atoms with Crippen molar-refractivity contribution in [3.8, 4) is 0 Å². The van der Waals surface area contributed by atoms with Crippen molar-refractivity contribution in [1.29, 1.82) is 0 Å². The Hall–Kier alpha value is -0.820. The SMILES string of the molecule is C/C=C\C(=C/C)CN.C=CC.CC. The van der Waals surface area contributed by atoms with Gasteiger partial charge in [-0.1, -0.05) is 38.2 Å². The van der Waals surface area contributed by atoms with Crippen LogP contribution in [0.4, 0.5) is 0 Å². The van der Waals surface area contributed by atoms with Gasteiger partial charge in [-0.05, 0) is 26.3 Å². The van der Waals surface area contributed by atoms with Gasteiger partial charge in [0.2, 0.25) is 0 Å². The van der Waals surface area contributed by atoms with Gasteiger partial charge in [0.25, 0.3) is 0 Å². The van der Waals surface area contributed by atoms with Gasteiger partial charge in [-0.25, -0.2) is 0 Å². The topological polar surface area (TPSA) is 26.0 Å². The Kier molecular flexibility index (Phi) is 31.2. The zero-order valence-corrected chi connectivity index (χ0v) is 9.80. The van der Waals surface area contributed by atoms with E-state index < -0.39 is 0 Å². The lowest BCUT2D eigenvalue weighted by atomic mass is 10.2. The number of hydrogen-bond acceptors (Lipinski definition) is 1. The van der Waals surface area contributed by atoms with E-state index in [-0.39, 0.29) is 0 Å². The highest BCUT2D eigenvalue weighted by Crippen LogP contribution is 1.91. The van der Waals surface area contributed by atoms with Crippen LogP contribution >= 0.6 is 0 Å². The van der Waals surface area contributed by atoms with Crippen LogP contribution in [0.25, 0.3) is 0 Å². The Morgan fingerprint density at radius 1 is 1.23 bits per heavy atom. The summed E-state index contributed by atoms with van der Waals surface area (Å²) in [6.07, 6.45) is 7.77. The van der Waals surface area contributed by atoms with Crippen LogP contribution in [-0.4, -0.2) is 6.54 Å². The van der Waals surface area contributed by atoms with Crippen LogP contribution in [0.2, 0.25) is 0 Å². The number of allylic oxidation sites excluding steroid dienone is 3. The van der Waals surface area contributed by atoms with Gasteiger partial charge in [0, 0.05) is 6.54 Å². The standard InChI is InChI=1S/C7H13N.C3H6.C2H6/c1-3-5-7(4-2)6-8;1-3-2;1-2/h3-5H,6,8H2,1-2H3;3H,1H2,2H3;1-2H3/b5-3-,7-4+;;. The fraction of sp³-hybridized carbons (Fsp3) is 0.500. The summed E-state index contributed by atoms with van der Waals surface area (Å²) in [5.74, 6) is 0. The number of nitrogens with two attached hydrogens (primary N) is 1. The molecule has 0 radical (unpaired) electrons. The Labute approximate surface area is 84.0 Å². The molecule has 1 nitrogen and oxygen atoms in total. The Bertz CT molecular complexity index is 129. The van der Waals surface area contributed by atoms with Gasteiger partial charge in [-0.2, -0.15) is 0 Å². The molecular formula is C12H25N. The van der Waals surface area contributed by atoms with Crippen LogP contribution in [0.5, 0.6) is 0 Å². The minimum absolute atomic E-state index is 0.640. The highest BCUT2D eigenvalue weighted by molar-refractivity contribution is 5.17. The van der Waals surface area contributed by atoms with Gasteiger partial charge >= 0.3 is 0 Å². The average molecular weight is 183 g/mol. The zero-order valence-electron chi connectivity index (χ0n) is 9.80. The highest BCUT2D eigenvalue weighted by Gasteiger charge is 1.79. The maximum absolute atomic E-state index is 5.35. The van der Waals surface area contributed by atoms with E-state index in [1.54, 1.807) is 6.08 Å². The molecule has 0 heterocycles. The fourth-order valence-electron chi connectivity index (χ4n) is 0.496. The summed E-state index contributed by atoms with van der Waals surface area (Å²) in [6.45, 7) is 13.9. The van der Waals surface area contributed by atoms with E-state index in [4.69, 9.17) is 5.73 Å². The molecule has 78 valence electrons. The molecule has 0 saturated heterocycles. The molecule has 13 heavy (non-hydrogen) atoms. The number of rotatable bonds is 2. The molecule has 0 aromatic carbocycles. The van der Waals surface area contributed by atoms with Crippen molar-refractivity contribution in [3.05, 3.63) is 36.5 Å². The van der Waals surface area contributed by atoms with Crippen LogP contribution in [0, 0.1) is 0 Å². The first-order valence-corrected chi connectivity index (χ1v) is 4.81. The quantitative estimate of drug-likeness (QED) is 0.513. The van der Waals surface area contributed by atoms with E-state index in [2.05, 4.69) is 6.58 Å². The normalized spacial score (nSPS) is 9.54. The summed E-state index contributed by atoms with van der Waals surface area (Å²) in [7, 11) is 0. The van der Waals surface area contributed by atoms with Gasteiger partial charge in [-0.15, -0.1) is 6.58 Å². The molecule has 0 aliphatic heterocycles. The average Bonchev–Trinajstić information content (AvgIpc) is 2.18. The number of hydrogen-bond donors (Lipinski definition) is 1. The molecular weight excluding hydrogens is 158 g/mol. The van der Waals surface area contributed by atoms with Crippen molar-refractivity contribution in [3.63, 3.8) is 0 Å². The third kappa shape index (κ3) is 24.7. The van der Waals surface area contributed by atoms with Crippen molar-refractivity contribution in [1.82, 2.24) is 0 Å². The third-order valence-electron chi connectivity index (χ3n) is 0.987. The Morgan fingerprint density at radius 2 is 1.62 bits per heavy atom. The van der Waals surface area contributed by atoms with Crippen molar-refractivity contribution >= 4 is 0 Å². The van der Waals surface area contributed by atoms with E-state index in [1.165, 1.54) is 5.57 Å². The first-order valence-electron chi connectivity index (χ1n) is 4.81. The molecule has 0 aliphatic carbocycles. The third-order valence-corrected chi connectivity index (χ3v) is 0.987. The molecule has 0 unspecified atom stereocenters. The minimum atomic E-state index is 0.640. The first-order chi connectivity index (χ1) is 6.26. The van der Waals surface area contributed by atoms with Crippen molar-refractivity contribution in [2.45, 2.75) is 34.6 Å². The highest BCUT2D eigenvalue weighted by atomic mass is 14.5.